The molecule has 0 aliphatic carbocycles. The maximum absolute atomic E-state index is 13.5. The van der Waals surface area contributed by atoms with E-state index in [0.29, 0.717) is 11.1 Å². The lowest BCUT2D eigenvalue weighted by atomic mass is 10.0. The summed E-state index contributed by atoms with van der Waals surface area (Å²) in [7, 11) is 1.50. The van der Waals surface area contributed by atoms with E-state index < -0.39 is 13.3 Å². The van der Waals surface area contributed by atoms with Gasteiger partial charge in [-0.15, -0.1) is 0 Å². The Labute approximate surface area is 187 Å². The minimum Gasteiger partial charge on any atom is -0.492 e. The summed E-state index contributed by atoms with van der Waals surface area (Å²) >= 11 is 0. The summed E-state index contributed by atoms with van der Waals surface area (Å²) in [4.78, 5) is 26.4. The van der Waals surface area contributed by atoms with E-state index >= 15 is 0 Å². The van der Waals surface area contributed by atoms with Gasteiger partial charge in [0.05, 0.1) is 32.5 Å². The van der Waals surface area contributed by atoms with Crippen LogP contribution in [0.15, 0.2) is 54.6 Å². The van der Waals surface area contributed by atoms with Gasteiger partial charge >= 0.3 is 13.3 Å². The van der Waals surface area contributed by atoms with Gasteiger partial charge in [0.15, 0.2) is 17.3 Å². The van der Waals surface area contributed by atoms with Gasteiger partial charge in [0.25, 0.3) is 5.30 Å². The number of hydrogen-bond donors (Lipinski definition) is 0. The van der Waals surface area contributed by atoms with Gasteiger partial charge in [-0.3, -0.25) is 4.79 Å². The molecule has 0 aliphatic heterocycles. The molecule has 0 saturated carbocycles. The van der Waals surface area contributed by atoms with E-state index in [1.807, 2.05) is 12.1 Å². The first-order chi connectivity index (χ1) is 15.3. The summed E-state index contributed by atoms with van der Waals surface area (Å²) in [6, 6.07) is 15.5. The van der Waals surface area contributed by atoms with Crippen LogP contribution in [0.3, 0.4) is 0 Å². The molecule has 0 aromatic heterocycles. The summed E-state index contributed by atoms with van der Waals surface area (Å²) in [6.45, 7) is 3.58. The number of hydrogen-bond acceptors (Lipinski definition) is 6. The average Bonchev–Trinajstić information content (AvgIpc) is 2.81. The van der Waals surface area contributed by atoms with Crippen LogP contribution in [0.5, 0.6) is 17.2 Å². The van der Waals surface area contributed by atoms with E-state index in [-0.39, 0.29) is 33.9 Å². The highest BCUT2D eigenvalue weighted by molar-refractivity contribution is 7.72. The number of ketones is 1. The Morgan fingerprint density at radius 1 is 0.781 bits per heavy atom. The molecule has 7 heteroatoms. The van der Waals surface area contributed by atoms with Crippen LogP contribution in [0, 0.1) is 13.8 Å². The zero-order chi connectivity index (χ0) is 23.4. The van der Waals surface area contributed by atoms with Crippen LogP contribution in [0.4, 0.5) is 0 Å². The summed E-state index contributed by atoms with van der Waals surface area (Å²) < 4.78 is 30.0. The van der Waals surface area contributed by atoms with Crippen LogP contribution in [-0.2, 0) is 4.57 Å². The molecule has 3 rings (SSSR count). The molecule has 3 aromatic carbocycles. The van der Waals surface area contributed by atoms with Crippen LogP contribution in [0.1, 0.15) is 37.4 Å². The first kappa shape index (κ1) is 23.2. The molecular weight excluding hydrogens is 427 g/mol. The lowest BCUT2D eigenvalue weighted by Crippen LogP contribution is -2.16. The second-order valence-electron chi connectivity index (χ2n) is 7.10. The topological polar surface area (TPSA) is 78.9 Å². The van der Waals surface area contributed by atoms with Crippen molar-refractivity contribution in [2.75, 3.05) is 21.3 Å². The molecule has 164 valence electrons. The van der Waals surface area contributed by atoms with Gasteiger partial charge in [0, 0.05) is 11.6 Å². The van der Waals surface area contributed by atoms with Gasteiger partial charge in [-0.2, -0.15) is 0 Å². The van der Waals surface area contributed by atoms with Crippen molar-refractivity contribution >= 4 is 24.4 Å². The maximum Gasteiger partial charge on any atom is 0.466 e. The fourth-order valence-corrected chi connectivity index (χ4v) is 5.11. The number of carbonyl (C=O) groups is 2. The second-order valence-corrected chi connectivity index (χ2v) is 8.55. The number of rotatable bonds is 8. The SMILES string of the molecule is COc1cc(C(=O)c2ccccc2)c(OC)c(OC)c1[P+](=O)C(=O)c1c(C)cccc1C. The lowest BCUT2D eigenvalue weighted by molar-refractivity contribution is 0.103. The minimum atomic E-state index is -2.64. The standard InChI is InChI=1S/C25H24O6P/c1-15-10-9-11-16(2)20(15)25(27)32(28)24-19(29-3)14-18(22(30-4)23(24)31-5)21(26)17-12-7-6-8-13-17/h6-14H,1-5H3/q+1. The molecule has 6 nitrogen and oxygen atoms in total. The Balaban J connectivity index is 2.22. The van der Waals surface area contributed by atoms with Gasteiger partial charge in [0.2, 0.25) is 5.75 Å². The Morgan fingerprint density at radius 3 is 1.91 bits per heavy atom. The van der Waals surface area contributed by atoms with Crippen LogP contribution in [-0.4, -0.2) is 32.6 Å². The first-order valence-electron chi connectivity index (χ1n) is 9.86. The summed E-state index contributed by atoms with van der Waals surface area (Å²) in [5.41, 5.74) is 1.91. The number of benzene rings is 3. The number of aryl methyl sites for hydroxylation is 2. The van der Waals surface area contributed by atoms with Crippen molar-refractivity contribution < 1.29 is 28.4 Å². The number of methoxy groups -OCH3 is 3. The molecule has 0 heterocycles. The molecule has 3 aromatic rings. The Hall–Kier alpha value is -3.50. The Bertz CT molecular complexity index is 1180. The molecule has 0 aliphatic rings. The molecule has 0 amide bonds. The lowest BCUT2D eigenvalue weighted by Gasteiger charge is -2.15. The van der Waals surface area contributed by atoms with Crippen LogP contribution >= 0.6 is 7.80 Å². The van der Waals surface area contributed by atoms with Gasteiger partial charge < -0.3 is 14.2 Å². The maximum atomic E-state index is 13.5. The minimum absolute atomic E-state index is 0.0341. The van der Waals surface area contributed by atoms with Crippen molar-refractivity contribution in [1.29, 1.82) is 0 Å². The third-order valence-electron chi connectivity index (χ3n) is 5.17. The normalized spacial score (nSPS) is 11.0. The molecular formula is C25H24O6P+. The van der Waals surface area contributed by atoms with Crippen LogP contribution in [0.25, 0.3) is 0 Å². The molecule has 0 saturated heterocycles. The molecule has 0 fully saturated rings. The third kappa shape index (κ3) is 4.14. The Kier molecular flexibility index (Phi) is 7.06. The van der Waals surface area contributed by atoms with Gasteiger partial charge in [-0.1, -0.05) is 53.1 Å². The molecule has 1 unspecified atom stereocenters. The highest BCUT2D eigenvalue weighted by atomic mass is 31.1. The van der Waals surface area contributed by atoms with E-state index in [0.717, 1.165) is 11.1 Å². The third-order valence-corrected chi connectivity index (χ3v) is 6.59. The second kappa shape index (κ2) is 9.75. The van der Waals surface area contributed by atoms with E-state index in [2.05, 4.69) is 0 Å². The first-order valence-corrected chi connectivity index (χ1v) is 11.1. The predicted molar refractivity (Wildman–Crippen MR) is 123 cm³/mol. The molecule has 1 atom stereocenters. The fourth-order valence-electron chi connectivity index (χ4n) is 3.62. The summed E-state index contributed by atoms with van der Waals surface area (Å²) in [6.07, 6.45) is 0. The van der Waals surface area contributed by atoms with E-state index in [1.165, 1.54) is 27.4 Å². The molecule has 32 heavy (non-hydrogen) atoms. The van der Waals surface area contributed by atoms with Gasteiger partial charge in [-0.05, 0) is 25.0 Å². The molecule has 0 N–H and O–H groups in total. The fraction of sp³-hybridized carbons (Fsp3) is 0.200. The molecule has 0 radical (unpaired) electrons. The van der Waals surface area contributed by atoms with E-state index in [4.69, 9.17) is 14.2 Å². The monoisotopic (exact) mass is 451 g/mol. The molecule has 0 bridgehead atoms. The quantitative estimate of drug-likeness (QED) is 0.360. The van der Waals surface area contributed by atoms with Crippen molar-refractivity contribution in [3.8, 4) is 17.2 Å². The van der Waals surface area contributed by atoms with Crippen molar-refractivity contribution in [1.82, 2.24) is 0 Å². The van der Waals surface area contributed by atoms with Crippen molar-refractivity contribution in [2.45, 2.75) is 13.8 Å². The summed E-state index contributed by atoms with van der Waals surface area (Å²) in [5.74, 6) is -0.0776. The van der Waals surface area contributed by atoms with Crippen LogP contribution in [0.2, 0.25) is 0 Å². The van der Waals surface area contributed by atoms with Crippen molar-refractivity contribution in [2.24, 2.45) is 0 Å². The number of carbonyl (C=O) groups excluding carboxylic acids is 2. The van der Waals surface area contributed by atoms with Crippen molar-refractivity contribution in [3.05, 3.63) is 82.4 Å². The Morgan fingerprint density at radius 2 is 1.38 bits per heavy atom. The summed E-state index contributed by atoms with van der Waals surface area (Å²) in [5, 5.41) is 0.0547. The van der Waals surface area contributed by atoms with Crippen LogP contribution < -0.4 is 19.5 Å². The highest BCUT2D eigenvalue weighted by Crippen LogP contribution is 2.43. The van der Waals surface area contributed by atoms with E-state index in [1.54, 1.807) is 50.2 Å². The van der Waals surface area contributed by atoms with Crippen molar-refractivity contribution in [3.63, 3.8) is 0 Å². The van der Waals surface area contributed by atoms with Gasteiger partial charge in [0.1, 0.15) is 0 Å². The largest absolute Gasteiger partial charge is 0.492 e. The molecule has 0 spiro atoms. The zero-order valence-electron chi connectivity index (χ0n) is 18.6. The van der Waals surface area contributed by atoms with E-state index in [9.17, 15) is 14.2 Å². The predicted octanol–water partition coefficient (Wildman–Crippen LogP) is 4.85. The average molecular weight is 451 g/mol. The number of ether oxygens (including phenoxy) is 3. The van der Waals surface area contributed by atoms with Gasteiger partial charge in [-0.25, -0.2) is 4.79 Å². The smallest absolute Gasteiger partial charge is 0.466 e. The zero-order valence-corrected chi connectivity index (χ0v) is 19.5. The highest BCUT2D eigenvalue weighted by Gasteiger charge is 2.43.